The van der Waals surface area contributed by atoms with Crippen LogP contribution < -0.4 is 10.0 Å². The van der Waals surface area contributed by atoms with Gasteiger partial charge in [0.2, 0.25) is 0 Å². The van der Waals surface area contributed by atoms with Crippen molar-refractivity contribution in [3.63, 3.8) is 0 Å². The molecule has 1 amide bonds. The van der Waals surface area contributed by atoms with Crippen LogP contribution in [0.3, 0.4) is 0 Å². The monoisotopic (exact) mass is 453 g/mol. The molecule has 32 heavy (non-hydrogen) atoms. The lowest BCUT2D eigenvalue weighted by molar-refractivity contribution is -0.384. The van der Waals surface area contributed by atoms with Crippen molar-refractivity contribution < 1.29 is 22.9 Å². The molecule has 0 fully saturated rings. The van der Waals surface area contributed by atoms with Gasteiger partial charge in [-0.25, -0.2) is 8.42 Å². The van der Waals surface area contributed by atoms with E-state index < -0.39 is 20.9 Å². The summed E-state index contributed by atoms with van der Waals surface area (Å²) in [6, 6.07) is 15.6. The first-order valence-electron chi connectivity index (χ1n) is 9.37. The number of ketones is 1. The van der Waals surface area contributed by atoms with Crippen LogP contribution in [-0.2, 0) is 10.0 Å². The maximum atomic E-state index is 13.0. The van der Waals surface area contributed by atoms with Crippen LogP contribution in [0.5, 0.6) is 0 Å². The summed E-state index contributed by atoms with van der Waals surface area (Å²) in [6.45, 7) is 2.96. The van der Waals surface area contributed by atoms with E-state index in [4.69, 9.17) is 0 Å². The van der Waals surface area contributed by atoms with Crippen LogP contribution in [0, 0.1) is 17.0 Å². The number of nitrogens with one attached hydrogen (secondary N) is 2. The predicted molar refractivity (Wildman–Crippen MR) is 119 cm³/mol. The van der Waals surface area contributed by atoms with Gasteiger partial charge in [-0.1, -0.05) is 24.3 Å². The van der Waals surface area contributed by atoms with Gasteiger partial charge >= 0.3 is 0 Å². The molecule has 10 heteroatoms. The van der Waals surface area contributed by atoms with Crippen LogP contribution in [-0.4, -0.2) is 25.0 Å². The molecule has 164 valence electrons. The molecule has 0 unspecified atom stereocenters. The maximum Gasteiger partial charge on any atom is 0.271 e. The van der Waals surface area contributed by atoms with Gasteiger partial charge in [0, 0.05) is 34.6 Å². The number of anilines is 2. The lowest BCUT2D eigenvalue weighted by atomic mass is 10.1. The van der Waals surface area contributed by atoms with E-state index in [1.54, 1.807) is 19.1 Å². The van der Waals surface area contributed by atoms with Crippen molar-refractivity contribution in [2.24, 2.45) is 0 Å². The third-order valence-corrected chi connectivity index (χ3v) is 6.10. The molecule has 0 bridgehead atoms. The summed E-state index contributed by atoms with van der Waals surface area (Å²) in [5.41, 5.74) is 1.04. The number of carbonyl (C=O) groups is 2. The number of hydrogen-bond donors (Lipinski definition) is 2. The number of non-ortho nitro benzene ring substituents is 1. The summed E-state index contributed by atoms with van der Waals surface area (Å²) in [7, 11) is -4.06. The van der Waals surface area contributed by atoms with E-state index in [-0.39, 0.29) is 33.3 Å². The first kappa shape index (κ1) is 22.6. The quantitative estimate of drug-likeness (QED) is 0.313. The normalized spacial score (nSPS) is 10.9. The Kier molecular flexibility index (Phi) is 6.35. The Labute approximate surface area is 184 Å². The van der Waals surface area contributed by atoms with E-state index in [2.05, 4.69) is 10.0 Å². The van der Waals surface area contributed by atoms with Crippen molar-refractivity contribution in [2.45, 2.75) is 18.7 Å². The van der Waals surface area contributed by atoms with Gasteiger partial charge in [0.25, 0.3) is 21.6 Å². The van der Waals surface area contributed by atoms with E-state index in [9.17, 15) is 28.1 Å². The summed E-state index contributed by atoms with van der Waals surface area (Å²) in [5.74, 6) is -0.831. The highest BCUT2D eigenvalue weighted by atomic mass is 32.2. The van der Waals surface area contributed by atoms with Crippen LogP contribution in [0.15, 0.2) is 71.6 Å². The third-order valence-electron chi connectivity index (χ3n) is 4.58. The maximum absolute atomic E-state index is 13.0. The number of benzene rings is 3. The van der Waals surface area contributed by atoms with Gasteiger partial charge in [-0.05, 0) is 49.7 Å². The van der Waals surface area contributed by atoms with E-state index in [0.29, 0.717) is 11.1 Å². The average Bonchev–Trinajstić information content (AvgIpc) is 2.73. The molecule has 0 radical (unpaired) electrons. The summed E-state index contributed by atoms with van der Waals surface area (Å²) in [4.78, 5) is 34.4. The molecule has 3 aromatic carbocycles. The van der Waals surface area contributed by atoms with Gasteiger partial charge in [-0.15, -0.1) is 0 Å². The minimum Gasteiger partial charge on any atom is -0.322 e. The molecule has 0 atom stereocenters. The summed E-state index contributed by atoms with van der Waals surface area (Å²) >= 11 is 0. The number of nitro benzene ring substituents is 1. The van der Waals surface area contributed by atoms with Gasteiger partial charge in [0.15, 0.2) is 5.78 Å². The number of nitrogens with zero attached hydrogens (tertiary/aromatic N) is 1. The Morgan fingerprint density at radius 2 is 1.59 bits per heavy atom. The zero-order valence-corrected chi connectivity index (χ0v) is 18.0. The number of nitro groups is 1. The second kappa shape index (κ2) is 8.98. The second-order valence-corrected chi connectivity index (χ2v) is 8.64. The molecule has 3 rings (SSSR count). The van der Waals surface area contributed by atoms with Gasteiger partial charge in [-0.2, -0.15) is 0 Å². The Bertz CT molecular complexity index is 1330. The molecule has 9 nitrogen and oxygen atoms in total. The van der Waals surface area contributed by atoms with Crippen molar-refractivity contribution in [3.05, 3.63) is 93.5 Å². The predicted octanol–water partition coefficient (Wildman–Crippen LogP) is 4.16. The number of carbonyl (C=O) groups excluding carboxylic acids is 2. The number of sulfonamides is 1. The number of rotatable bonds is 7. The van der Waals surface area contributed by atoms with E-state index in [1.165, 1.54) is 61.5 Å². The zero-order valence-electron chi connectivity index (χ0n) is 17.2. The zero-order chi connectivity index (χ0) is 23.5. The molecular weight excluding hydrogens is 434 g/mol. The number of Topliss-reactive ketones (excluding diaryl/α,β-unsaturated/α-hetero) is 1. The number of amides is 1. The Morgan fingerprint density at radius 3 is 2.28 bits per heavy atom. The van der Waals surface area contributed by atoms with Crippen molar-refractivity contribution in [2.75, 3.05) is 10.0 Å². The van der Waals surface area contributed by atoms with Crippen LogP contribution >= 0.6 is 0 Å². The van der Waals surface area contributed by atoms with Crippen molar-refractivity contribution in [1.82, 2.24) is 0 Å². The lowest BCUT2D eigenvalue weighted by Crippen LogP contribution is -2.17. The second-order valence-electron chi connectivity index (χ2n) is 6.98. The molecule has 0 saturated heterocycles. The minimum absolute atomic E-state index is 0.0555. The Hall–Kier alpha value is -4.05. The smallest absolute Gasteiger partial charge is 0.271 e. The van der Waals surface area contributed by atoms with Crippen LogP contribution in [0.25, 0.3) is 0 Å². The van der Waals surface area contributed by atoms with Gasteiger partial charge in [-0.3, -0.25) is 24.4 Å². The first-order chi connectivity index (χ1) is 15.1. The SMILES string of the molecule is CC(=O)c1cccc(NS(=O)(=O)c2cc(C(=O)Nc3cccc([N+](=O)[O-])c3)ccc2C)c1. The molecule has 0 saturated carbocycles. The molecule has 0 aromatic heterocycles. The van der Waals surface area contributed by atoms with Gasteiger partial charge < -0.3 is 5.32 Å². The van der Waals surface area contributed by atoms with Crippen LogP contribution in [0.4, 0.5) is 17.1 Å². The third kappa shape index (κ3) is 5.16. The van der Waals surface area contributed by atoms with E-state index >= 15 is 0 Å². The lowest BCUT2D eigenvalue weighted by Gasteiger charge is -2.13. The van der Waals surface area contributed by atoms with Gasteiger partial charge in [0.1, 0.15) is 0 Å². The first-order valence-corrected chi connectivity index (χ1v) is 10.9. The molecule has 0 spiro atoms. The fraction of sp³-hybridized carbons (Fsp3) is 0.0909. The fourth-order valence-electron chi connectivity index (χ4n) is 2.94. The number of hydrogen-bond acceptors (Lipinski definition) is 6. The molecule has 0 heterocycles. The van der Waals surface area contributed by atoms with Crippen LogP contribution in [0.1, 0.15) is 33.2 Å². The topological polar surface area (TPSA) is 135 Å². The molecule has 0 aliphatic rings. The molecule has 3 aromatic rings. The average molecular weight is 453 g/mol. The Morgan fingerprint density at radius 1 is 0.906 bits per heavy atom. The molecule has 0 aliphatic carbocycles. The van der Waals surface area contributed by atoms with Crippen molar-refractivity contribution in [1.29, 1.82) is 0 Å². The highest BCUT2D eigenvalue weighted by molar-refractivity contribution is 7.92. The van der Waals surface area contributed by atoms with E-state index in [1.807, 2.05) is 0 Å². The molecule has 2 N–H and O–H groups in total. The summed E-state index contributed by atoms with van der Waals surface area (Å²) < 4.78 is 28.3. The van der Waals surface area contributed by atoms with Crippen molar-refractivity contribution >= 4 is 38.8 Å². The molecule has 0 aliphatic heterocycles. The van der Waals surface area contributed by atoms with Crippen molar-refractivity contribution in [3.8, 4) is 0 Å². The highest BCUT2D eigenvalue weighted by Gasteiger charge is 2.20. The summed E-state index contributed by atoms with van der Waals surface area (Å²) in [6.07, 6.45) is 0. The number of aryl methyl sites for hydroxylation is 1. The van der Waals surface area contributed by atoms with Gasteiger partial charge in [0.05, 0.1) is 9.82 Å². The fourth-order valence-corrected chi connectivity index (χ4v) is 4.26. The van der Waals surface area contributed by atoms with E-state index in [0.717, 1.165) is 0 Å². The summed E-state index contributed by atoms with van der Waals surface area (Å²) in [5, 5.41) is 13.4. The highest BCUT2D eigenvalue weighted by Crippen LogP contribution is 2.23. The Balaban J connectivity index is 1.88. The van der Waals surface area contributed by atoms with Crippen LogP contribution in [0.2, 0.25) is 0 Å². The standard InChI is InChI=1S/C22H19N3O6S/c1-14-9-10-17(22(27)23-18-6-4-8-20(13-18)25(28)29)12-21(14)32(30,31)24-19-7-3-5-16(11-19)15(2)26/h3-13,24H,1-2H3,(H,23,27). The molecular formula is C22H19N3O6S. The largest absolute Gasteiger partial charge is 0.322 e. The minimum atomic E-state index is -4.06.